The second kappa shape index (κ2) is 5.96. The first-order chi connectivity index (χ1) is 11.2. The van der Waals surface area contributed by atoms with Gasteiger partial charge in [0.05, 0.1) is 17.0 Å². The minimum atomic E-state index is -0.221. The summed E-state index contributed by atoms with van der Waals surface area (Å²) in [7, 11) is 0. The molecule has 1 aromatic heterocycles. The molecule has 0 radical (unpaired) electrons. The van der Waals surface area contributed by atoms with Crippen molar-refractivity contribution in [2.45, 2.75) is 50.7 Å². The molecule has 4 rings (SSSR count). The Balaban J connectivity index is 1.70. The summed E-state index contributed by atoms with van der Waals surface area (Å²) in [6.45, 7) is 0.898. The van der Waals surface area contributed by atoms with Gasteiger partial charge in [0.15, 0.2) is 0 Å². The number of para-hydroxylation sites is 1. The molecule has 0 unspecified atom stereocenters. The Labute approximate surface area is 135 Å². The molecule has 0 bridgehead atoms. The number of nitrogens with one attached hydrogen (secondary N) is 1. The fourth-order valence-corrected chi connectivity index (χ4v) is 4.30. The first-order valence-corrected chi connectivity index (χ1v) is 8.68. The Bertz CT molecular complexity index is 757. The zero-order valence-corrected chi connectivity index (χ0v) is 13.2. The summed E-state index contributed by atoms with van der Waals surface area (Å²) in [6.07, 6.45) is 6.21. The molecule has 3 atom stereocenters. The van der Waals surface area contributed by atoms with Gasteiger partial charge in [0.2, 0.25) is 5.95 Å². The van der Waals surface area contributed by atoms with Crippen molar-refractivity contribution in [1.82, 2.24) is 9.97 Å². The van der Waals surface area contributed by atoms with Crippen molar-refractivity contribution in [2.75, 3.05) is 11.4 Å². The number of aromatic nitrogens is 2. The van der Waals surface area contributed by atoms with E-state index in [0.29, 0.717) is 17.3 Å². The molecule has 2 aliphatic rings. The molecule has 0 amide bonds. The Morgan fingerprint density at radius 1 is 1.13 bits per heavy atom. The van der Waals surface area contributed by atoms with Gasteiger partial charge in [-0.15, -0.1) is 0 Å². The Morgan fingerprint density at radius 3 is 2.83 bits per heavy atom. The van der Waals surface area contributed by atoms with Gasteiger partial charge in [-0.25, -0.2) is 4.98 Å². The van der Waals surface area contributed by atoms with Crippen LogP contribution in [0.3, 0.4) is 0 Å². The second-order valence-corrected chi connectivity index (χ2v) is 6.83. The predicted octanol–water partition coefficient (Wildman–Crippen LogP) is 2.44. The van der Waals surface area contributed by atoms with Crippen LogP contribution in [0.15, 0.2) is 29.1 Å². The number of anilines is 1. The van der Waals surface area contributed by atoms with Crippen LogP contribution in [0.5, 0.6) is 0 Å². The molecule has 122 valence electrons. The van der Waals surface area contributed by atoms with E-state index < -0.39 is 0 Å². The Hall–Kier alpha value is -1.88. The maximum Gasteiger partial charge on any atom is 0.260 e. The van der Waals surface area contributed by atoms with Crippen LogP contribution in [0, 0.1) is 5.92 Å². The topological polar surface area (TPSA) is 69.2 Å². The molecule has 2 fully saturated rings. The van der Waals surface area contributed by atoms with E-state index in [0.717, 1.165) is 44.2 Å². The molecule has 1 aromatic carbocycles. The summed E-state index contributed by atoms with van der Waals surface area (Å²) in [5.74, 6) is 0.956. The van der Waals surface area contributed by atoms with Crippen LogP contribution in [-0.2, 0) is 0 Å². The van der Waals surface area contributed by atoms with Gasteiger partial charge in [0.1, 0.15) is 0 Å². The van der Waals surface area contributed by atoms with E-state index in [-0.39, 0.29) is 17.7 Å². The summed E-state index contributed by atoms with van der Waals surface area (Å²) < 4.78 is 0. The molecular weight excluding hydrogens is 290 g/mol. The third-order valence-corrected chi connectivity index (χ3v) is 5.45. The number of aromatic amines is 1. The van der Waals surface area contributed by atoms with Crippen LogP contribution >= 0.6 is 0 Å². The molecule has 2 aromatic rings. The van der Waals surface area contributed by atoms with E-state index in [1.807, 2.05) is 18.2 Å². The zero-order chi connectivity index (χ0) is 15.8. The number of rotatable bonds is 2. The quantitative estimate of drug-likeness (QED) is 0.893. The molecule has 5 heteroatoms. The van der Waals surface area contributed by atoms with Crippen molar-refractivity contribution in [1.29, 1.82) is 0 Å². The summed E-state index contributed by atoms with van der Waals surface area (Å²) in [6, 6.07) is 7.74. The average molecular weight is 313 g/mol. The van der Waals surface area contributed by atoms with Crippen molar-refractivity contribution >= 4 is 16.9 Å². The Morgan fingerprint density at radius 2 is 1.96 bits per heavy atom. The van der Waals surface area contributed by atoms with Crippen molar-refractivity contribution < 1.29 is 5.11 Å². The number of aliphatic hydroxyl groups excluding tert-OH is 1. The molecule has 1 aliphatic heterocycles. The highest BCUT2D eigenvalue weighted by molar-refractivity contribution is 5.78. The second-order valence-electron chi connectivity index (χ2n) is 6.83. The summed E-state index contributed by atoms with van der Waals surface area (Å²) in [5.41, 5.74) is 0.654. The normalized spacial score (nSPS) is 28.4. The number of benzene rings is 1. The van der Waals surface area contributed by atoms with Crippen LogP contribution in [0.25, 0.3) is 10.9 Å². The van der Waals surface area contributed by atoms with Gasteiger partial charge in [-0.2, -0.15) is 0 Å². The smallest absolute Gasteiger partial charge is 0.260 e. The van der Waals surface area contributed by atoms with Crippen molar-refractivity contribution in [3.8, 4) is 0 Å². The van der Waals surface area contributed by atoms with Gasteiger partial charge in [-0.05, 0) is 37.8 Å². The number of aliphatic hydroxyl groups is 1. The van der Waals surface area contributed by atoms with E-state index in [2.05, 4.69) is 14.9 Å². The lowest BCUT2D eigenvalue weighted by Crippen LogP contribution is -2.43. The molecule has 2 heterocycles. The maximum absolute atomic E-state index is 12.3. The van der Waals surface area contributed by atoms with Crippen molar-refractivity contribution in [3.63, 3.8) is 0 Å². The average Bonchev–Trinajstić information content (AvgIpc) is 3.05. The molecule has 1 aliphatic carbocycles. The third-order valence-electron chi connectivity index (χ3n) is 5.45. The van der Waals surface area contributed by atoms with E-state index >= 15 is 0 Å². The summed E-state index contributed by atoms with van der Waals surface area (Å²) in [5, 5.41) is 11.0. The van der Waals surface area contributed by atoms with Gasteiger partial charge in [0.25, 0.3) is 5.56 Å². The van der Waals surface area contributed by atoms with Gasteiger partial charge in [-0.3, -0.25) is 9.78 Å². The predicted molar refractivity (Wildman–Crippen MR) is 90.7 cm³/mol. The molecule has 1 saturated carbocycles. The molecular formula is C18H23N3O2. The molecule has 23 heavy (non-hydrogen) atoms. The highest BCUT2D eigenvalue weighted by atomic mass is 16.3. The Kier molecular flexibility index (Phi) is 3.81. The van der Waals surface area contributed by atoms with Crippen LogP contribution in [0.2, 0.25) is 0 Å². The lowest BCUT2D eigenvalue weighted by Gasteiger charge is -2.37. The fraction of sp³-hybridized carbons (Fsp3) is 0.556. The number of H-pyrrole nitrogens is 1. The monoisotopic (exact) mass is 313 g/mol. The standard InChI is InChI=1S/C18H23N3O2/c22-16-10-4-2-7-13(16)15-9-5-11-21(15)18-19-14-8-3-1-6-12(14)17(23)20-18/h1,3,6,8,13,15-16,22H,2,4-5,7,9-11H2,(H,19,20,23)/t13-,15-,16+/m1/s1. The SMILES string of the molecule is O=c1[nH]c(N2CCC[C@@H]2[C@H]2CCCC[C@@H]2O)nc2ccccc12. The lowest BCUT2D eigenvalue weighted by atomic mass is 9.80. The van der Waals surface area contributed by atoms with E-state index in [1.165, 1.54) is 6.42 Å². The minimum absolute atomic E-state index is 0.0829. The van der Waals surface area contributed by atoms with E-state index in [9.17, 15) is 9.90 Å². The number of hydrogen-bond acceptors (Lipinski definition) is 4. The zero-order valence-electron chi connectivity index (χ0n) is 13.2. The highest BCUT2D eigenvalue weighted by Gasteiger charge is 2.37. The summed E-state index contributed by atoms with van der Waals surface area (Å²) in [4.78, 5) is 22.2. The van der Waals surface area contributed by atoms with Crippen LogP contribution in [0.4, 0.5) is 5.95 Å². The third kappa shape index (κ3) is 2.63. The van der Waals surface area contributed by atoms with Crippen molar-refractivity contribution in [2.24, 2.45) is 5.92 Å². The fourth-order valence-electron chi connectivity index (χ4n) is 4.30. The highest BCUT2D eigenvalue weighted by Crippen LogP contribution is 2.36. The lowest BCUT2D eigenvalue weighted by molar-refractivity contribution is 0.0564. The minimum Gasteiger partial charge on any atom is -0.393 e. The largest absolute Gasteiger partial charge is 0.393 e. The maximum atomic E-state index is 12.3. The van der Waals surface area contributed by atoms with Gasteiger partial charge in [-0.1, -0.05) is 25.0 Å². The van der Waals surface area contributed by atoms with Gasteiger partial charge < -0.3 is 10.0 Å². The molecule has 0 spiro atoms. The van der Waals surface area contributed by atoms with Crippen LogP contribution in [0.1, 0.15) is 38.5 Å². The first-order valence-electron chi connectivity index (χ1n) is 8.68. The van der Waals surface area contributed by atoms with Gasteiger partial charge in [0, 0.05) is 18.5 Å². The van der Waals surface area contributed by atoms with E-state index in [1.54, 1.807) is 6.07 Å². The number of fused-ring (bicyclic) bond motifs is 1. The number of hydrogen-bond donors (Lipinski definition) is 2. The molecule has 5 nitrogen and oxygen atoms in total. The van der Waals surface area contributed by atoms with E-state index in [4.69, 9.17) is 0 Å². The number of nitrogens with zero attached hydrogens (tertiary/aromatic N) is 2. The van der Waals surface area contributed by atoms with Crippen LogP contribution in [-0.4, -0.2) is 33.8 Å². The first kappa shape index (κ1) is 14.7. The summed E-state index contributed by atoms with van der Waals surface area (Å²) >= 11 is 0. The van der Waals surface area contributed by atoms with Gasteiger partial charge >= 0.3 is 0 Å². The molecule has 2 N–H and O–H groups in total. The van der Waals surface area contributed by atoms with Crippen LogP contribution < -0.4 is 10.5 Å². The van der Waals surface area contributed by atoms with Crippen molar-refractivity contribution in [3.05, 3.63) is 34.6 Å². The molecule has 1 saturated heterocycles.